The van der Waals surface area contributed by atoms with Crippen molar-refractivity contribution in [2.75, 3.05) is 18.4 Å². The van der Waals surface area contributed by atoms with Gasteiger partial charge in [0.2, 0.25) is 11.9 Å². The number of aromatic amines is 1. The van der Waals surface area contributed by atoms with Crippen LogP contribution in [0.4, 0.5) is 5.95 Å². The monoisotopic (exact) mass is 252 g/mol. The molecule has 1 aliphatic rings. The van der Waals surface area contributed by atoms with Gasteiger partial charge in [0.15, 0.2) is 10.8 Å². The fraction of sp³-hybridized carbons (Fsp3) is 0.333. The van der Waals surface area contributed by atoms with Crippen LogP contribution in [0.3, 0.4) is 0 Å². The Morgan fingerprint density at radius 1 is 1.47 bits per heavy atom. The van der Waals surface area contributed by atoms with Gasteiger partial charge in [0.25, 0.3) is 0 Å². The van der Waals surface area contributed by atoms with Gasteiger partial charge < -0.3 is 10.3 Å². The van der Waals surface area contributed by atoms with E-state index in [1.807, 2.05) is 0 Å². The first-order valence-corrected chi connectivity index (χ1v) is 5.50. The molecule has 0 aliphatic carbocycles. The second-order valence-electron chi connectivity index (χ2n) is 3.78. The maximum atomic E-state index is 11.7. The fourth-order valence-electron chi connectivity index (χ4n) is 1.54. The lowest BCUT2D eigenvalue weighted by Crippen LogP contribution is -2.48. The Morgan fingerprint density at radius 3 is 3.00 bits per heavy atom. The molecule has 17 heavy (non-hydrogen) atoms. The summed E-state index contributed by atoms with van der Waals surface area (Å²) in [5, 5.41) is 5.89. The van der Waals surface area contributed by atoms with Gasteiger partial charge in [-0.15, -0.1) is 0 Å². The molecular formula is C9H9ClN6O. The highest BCUT2D eigenvalue weighted by molar-refractivity contribution is 6.33. The van der Waals surface area contributed by atoms with E-state index in [1.165, 1.54) is 6.33 Å². The third-order valence-electron chi connectivity index (χ3n) is 2.63. The number of hydrogen-bond donors (Lipinski definition) is 3. The minimum Gasteiger partial charge on any atom is -0.341 e. The van der Waals surface area contributed by atoms with E-state index in [0.29, 0.717) is 24.3 Å². The van der Waals surface area contributed by atoms with E-state index in [9.17, 15) is 4.79 Å². The number of nitrogens with zero attached hydrogens (tertiary/aromatic N) is 3. The Morgan fingerprint density at radius 2 is 2.29 bits per heavy atom. The van der Waals surface area contributed by atoms with Gasteiger partial charge >= 0.3 is 0 Å². The van der Waals surface area contributed by atoms with Crippen LogP contribution in [0, 0.1) is 5.92 Å². The lowest BCUT2D eigenvalue weighted by molar-refractivity contribution is -0.121. The summed E-state index contributed by atoms with van der Waals surface area (Å²) in [7, 11) is 0. The third kappa shape index (κ3) is 1.83. The first-order chi connectivity index (χ1) is 8.24. The largest absolute Gasteiger partial charge is 0.341 e. The average molecular weight is 253 g/mol. The molecule has 3 N–H and O–H groups in total. The molecule has 1 saturated heterocycles. The predicted octanol–water partition coefficient (Wildman–Crippen LogP) is 0.164. The van der Waals surface area contributed by atoms with Crippen LogP contribution in [-0.2, 0) is 4.79 Å². The molecule has 7 nitrogen and oxygen atoms in total. The van der Waals surface area contributed by atoms with Gasteiger partial charge in [-0.2, -0.15) is 9.97 Å². The molecule has 2 aromatic rings. The summed E-state index contributed by atoms with van der Waals surface area (Å²) in [4.78, 5) is 26.5. The number of fused-ring (bicyclic) bond motifs is 1. The molecule has 1 amide bonds. The van der Waals surface area contributed by atoms with E-state index < -0.39 is 0 Å². The van der Waals surface area contributed by atoms with Crippen molar-refractivity contribution in [1.29, 1.82) is 0 Å². The highest BCUT2D eigenvalue weighted by Crippen LogP contribution is 2.18. The number of nitrogens with one attached hydrogen (secondary N) is 3. The minimum absolute atomic E-state index is 0.0211. The highest BCUT2D eigenvalue weighted by Gasteiger charge is 2.25. The van der Waals surface area contributed by atoms with Gasteiger partial charge in [-0.1, -0.05) is 11.6 Å². The predicted molar refractivity (Wildman–Crippen MR) is 61.7 cm³/mol. The molecule has 2 aromatic heterocycles. The first-order valence-electron chi connectivity index (χ1n) is 5.12. The van der Waals surface area contributed by atoms with Crippen molar-refractivity contribution in [2.24, 2.45) is 5.92 Å². The number of hydrogen-bond acceptors (Lipinski definition) is 5. The van der Waals surface area contributed by atoms with Gasteiger partial charge in [-0.05, 0) is 0 Å². The summed E-state index contributed by atoms with van der Waals surface area (Å²) in [6, 6.07) is 0. The Hall–Kier alpha value is -1.73. The van der Waals surface area contributed by atoms with Crippen LogP contribution in [0.15, 0.2) is 6.33 Å². The summed E-state index contributed by atoms with van der Waals surface area (Å²) >= 11 is 5.93. The van der Waals surface area contributed by atoms with E-state index in [4.69, 9.17) is 11.6 Å². The van der Waals surface area contributed by atoms with Gasteiger partial charge in [-0.3, -0.25) is 10.1 Å². The molecule has 0 spiro atoms. The molecule has 3 heterocycles. The Kier molecular flexibility index (Phi) is 2.41. The van der Waals surface area contributed by atoms with Crippen LogP contribution in [0.5, 0.6) is 0 Å². The molecule has 0 bridgehead atoms. The molecular weight excluding hydrogens is 244 g/mol. The summed E-state index contributed by atoms with van der Waals surface area (Å²) in [5.74, 6) is 0.0634. The van der Waals surface area contributed by atoms with Crippen LogP contribution >= 0.6 is 11.6 Å². The Bertz CT molecular complexity index is 578. The number of imidazole rings is 1. The van der Waals surface area contributed by atoms with Gasteiger partial charge in [0.05, 0.1) is 12.2 Å². The van der Waals surface area contributed by atoms with Gasteiger partial charge in [-0.25, -0.2) is 4.98 Å². The van der Waals surface area contributed by atoms with Crippen molar-refractivity contribution in [3.05, 3.63) is 11.5 Å². The zero-order valence-corrected chi connectivity index (χ0v) is 9.45. The highest BCUT2D eigenvalue weighted by atomic mass is 35.5. The number of carbonyl (C=O) groups excluding carboxylic acids is 1. The SMILES string of the molecule is O=C(Nc1nc(Cl)c2[nH]cnc2n1)C1CNC1. The van der Waals surface area contributed by atoms with Crippen LogP contribution in [0.2, 0.25) is 5.15 Å². The van der Waals surface area contributed by atoms with E-state index >= 15 is 0 Å². The van der Waals surface area contributed by atoms with Gasteiger partial charge in [0.1, 0.15) is 5.52 Å². The number of halogens is 1. The van der Waals surface area contributed by atoms with E-state index in [1.54, 1.807) is 0 Å². The number of carbonyl (C=O) groups is 1. The zero-order valence-electron chi connectivity index (χ0n) is 8.70. The normalized spacial score (nSPS) is 15.8. The maximum absolute atomic E-state index is 11.7. The maximum Gasteiger partial charge on any atom is 0.233 e. The van der Waals surface area contributed by atoms with Crippen molar-refractivity contribution >= 4 is 34.6 Å². The van der Waals surface area contributed by atoms with Crippen LogP contribution in [-0.4, -0.2) is 38.9 Å². The topological polar surface area (TPSA) is 95.6 Å². The summed E-state index contributed by atoms with van der Waals surface area (Å²) < 4.78 is 0. The van der Waals surface area contributed by atoms with E-state index in [0.717, 1.165) is 0 Å². The second-order valence-corrected chi connectivity index (χ2v) is 4.14. The van der Waals surface area contributed by atoms with Crippen molar-refractivity contribution in [3.8, 4) is 0 Å². The molecule has 0 radical (unpaired) electrons. The van der Waals surface area contributed by atoms with Crippen molar-refractivity contribution in [2.45, 2.75) is 0 Å². The van der Waals surface area contributed by atoms with Crippen molar-refractivity contribution < 1.29 is 4.79 Å². The van der Waals surface area contributed by atoms with E-state index in [2.05, 4.69) is 30.6 Å². The third-order valence-corrected chi connectivity index (χ3v) is 2.90. The lowest BCUT2D eigenvalue weighted by Gasteiger charge is -2.25. The average Bonchev–Trinajstić information content (AvgIpc) is 2.62. The molecule has 0 saturated carbocycles. The van der Waals surface area contributed by atoms with Crippen molar-refractivity contribution in [3.63, 3.8) is 0 Å². The van der Waals surface area contributed by atoms with Crippen LogP contribution in [0.25, 0.3) is 11.2 Å². The summed E-state index contributed by atoms with van der Waals surface area (Å²) in [6.45, 7) is 1.37. The number of anilines is 1. The van der Waals surface area contributed by atoms with Crippen LogP contribution in [0.1, 0.15) is 0 Å². The smallest absolute Gasteiger partial charge is 0.233 e. The molecule has 1 fully saturated rings. The van der Waals surface area contributed by atoms with Crippen molar-refractivity contribution in [1.82, 2.24) is 25.3 Å². The fourth-order valence-corrected chi connectivity index (χ4v) is 1.76. The first kappa shape index (κ1) is 10.4. The van der Waals surface area contributed by atoms with Gasteiger partial charge in [0, 0.05) is 13.1 Å². The number of aromatic nitrogens is 4. The number of rotatable bonds is 2. The molecule has 8 heteroatoms. The van der Waals surface area contributed by atoms with E-state index in [-0.39, 0.29) is 22.9 Å². The molecule has 1 aliphatic heterocycles. The molecule has 0 atom stereocenters. The molecule has 3 rings (SSSR count). The lowest BCUT2D eigenvalue weighted by atomic mass is 10.0. The Balaban J connectivity index is 1.86. The quantitative estimate of drug-likeness (QED) is 0.662. The zero-order chi connectivity index (χ0) is 11.8. The molecule has 0 unspecified atom stereocenters. The second kappa shape index (κ2) is 3.94. The number of amides is 1. The summed E-state index contributed by atoms with van der Waals surface area (Å²) in [6.07, 6.45) is 1.48. The molecule has 88 valence electrons. The summed E-state index contributed by atoms with van der Waals surface area (Å²) in [5.41, 5.74) is 1.00. The number of H-pyrrole nitrogens is 1. The molecule has 0 aromatic carbocycles. The standard InChI is InChI=1S/C9H9ClN6O/c10-6-5-7(13-3-12-5)15-9(14-6)16-8(17)4-1-11-2-4/h3-4,11H,1-2H2,(H2,12,13,14,15,16,17). The van der Waals surface area contributed by atoms with Crippen LogP contribution < -0.4 is 10.6 Å². The minimum atomic E-state index is -0.102. The Labute approximate surface area is 101 Å².